The van der Waals surface area contributed by atoms with Gasteiger partial charge >= 0.3 is 0 Å². The molecular formula is C21H27N3O4. The molecule has 3 rings (SSSR count). The molecule has 2 N–H and O–H groups in total. The maximum atomic E-state index is 12.6. The maximum absolute atomic E-state index is 12.6. The van der Waals surface area contributed by atoms with Crippen molar-refractivity contribution in [2.45, 2.75) is 27.7 Å². The largest absolute Gasteiger partial charge is 0.486 e. The van der Waals surface area contributed by atoms with Crippen LogP contribution in [0.3, 0.4) is 0 Å². The molecule has 1 aliphatic heterocycles. The fourth-order valence-electron chi connectivity index (χ4n) is 3.22. The number of amides is 2. The Morgan fingerprint density at radius 2 is 1.71 bits per heavy atom. The summed E-state index contributed by atoms with van der Waals surface area (Å²) in [7, 11) is 0. The standard InChI is InChI=1S/C21H27N3O4/c1-13(2)20(25)22-7-8-23-21(26)17-11-14(3)24(15(17)4)16-5-6-18-19(12-16)28-10-9-27-18/h5-6,11-13H,7-10H2,1-4H3,(H,22,25)(H,23,26). The van der Waals surface area contributed by atoms with Gasteiger partial charge in [0.2, 0.25) is 5.91 Å². The molecule has 2 heterocycles. The van der Waals surface area contributed by atoms with Crippen LogP contribution in [0.1, 0.15) is 35.6 Å². The topological polar surface area (TPSA) is 81.6 Å². The van der Waals surface area contributed by atoms with E-state index in [1.165, 1.54) is 0 Å². The van der Waals surface area contributed by atoms with E-state index in [1.54, 1.807) is 0 Å². The number of ether oxygens (including phenoxy) is 2. The Morgan fingerprint density at radius 1 is 1.04 bits per heavy atom. The molecule has 150 valence electrons. The van der Waals surface area contributed by atoms with E-state index in [9.17, 15) is 9.59 Å². The molecule has 0 saturated carbocycles. The van der Waals surface area contributed by atoms with Crippen LogP contribution in [0.4, 0.5) is 0 Å². The lowest BCUT2D eigenvalue weighted by Gasteiger charge is -2.20. The average molecular weight is 385 g/mol. The van der Waals surface area contributed by atoms with Gasteiger partial charge < -0.3 is 24.7 Å². The molecule has 7 heteroatoms. The average Bonchev–Trinajstić information content (AvgIpc) is 2.98. The van der Waals surface area contributed by atoms with Crippen LogP contribution >= 0.6 is 0 Å². The summed E-state index contributed by atoms with van der Waals surface area (Å²) in [6.07, 6.45) is 0. The monoisotopic (exact) mass is 385 g/mol. The van der Waals surface area contributed by atoms with Crippen LogP contribution in [0, 0.1) is 19.8 Å². The summed E-state index contributed by atoms with van der Waals surface area (Å²) in [4.78, 5) is 24.2. The molecule has 0 saturated heterocycles. The van der Waals surface area contributed by atoms with Gasteiger partial charge in [-0.05, 0) is 32.0 Å². The van der Waals surface area contributed by atoms with Crippen LogP contribution in [0.15, 0.2) is 24.3 Å². The van der Waals surface area contributed by atoms with Crippen LogP contribution in [-0.4, -0.2) is 42.7 Å². The first-order valence-corrected chi connectivity index (χ1v) is 9.53. The summed E-state index contributed by atoms with van der Waals surface area (Å²) in [5.74, 6) is 1.20. The number of hydrogen-bond donors (Lipinski definition) is 2. The molecule has 1 aromatic carbocycles. The molecule has 1 aromatic heterocycles. The first-order chi connectivity index (χ1) is 13.4. The highest BCUT2D eigenvalue weighted by Gasteiger charge is 2.19. The van der Waals surface area contributed by atoms with Gasteiger partial charge in [-0.2, -0.15) is 0 Å². The van der Waals surface area contributed by atoms with E-state index in [2.05, 4.69) is 10.6 Å². The molecule has 7 nitrogen and oxygen atoms in total. The fourth-order valence-corrected chi connectivity index (χ4v) is 3.22. The lowest BCUT2D eigenvalue weighted by atomic mass is 10.2. The maximum Gasteiger partial charge on any atom is 0.253 e. The number of aromatic nitrogens is 1. The van der Waals surface area contributed by atoms with Gasteiger partial charge in [0.1, 0.15) is 13.2 Å². The van der Waals surface area contributed by atoms with Gasteiger partial charge in [-0.15, -0.1) is 0 Å². The molecule has 0 atom stereocenters. The molecule has 28 heavy (non-hydrogen) atoms. The minimum Gasteiger partial charge on any atom is -0.486 e. The SMILES string of the molecule is Cc1cc(C(=O)NCCNC(=O)C(C)C)c(C)n1-c1ccc2c(c1)OCCO2. The Morgan fingerprint density at radius 3 is 2.43 bits per heavy atom. The van der Waals surface area contributed by atoms with Crippen LogP contribution in [0.25, 0.3) is 5.69 Å². The van der Waals surface area contributed by atoms with E-state index in [1.807, 2.05) is 56.5 Å². The minimum absolute atomic E-state index is 0.0222. The number of carbonyl (C=O) groups excluding carboxylic acids is 2. The number of hydrogen-bond acceptors (Lipinski definition) is 4. The van der Waals surface area contributed by atoms with Crippen LogP contribution in [0.2, 0.25) is 0 Å². The normalized spacial score (nSPS) is 12.8. The molecule has 0 bridgehead atoms. The molecule has 2 amide bonds. The molecule has 0 spiro atoms. The van der Waals surface area contributed by atoms with E-state index in [0.29, 0.717) is 37.6 Å². The zero-order valence-corrected chi connectivity index (χ0v) is 16.8. The Labute approximate surface area is 165 Å². The molecule has 0 fully saturated rings. The first-order valence-electron chi connectivity index (χ1n) is 9.53. The smallest absolute Gasteiger partial charge is 0.253 e. The molecule has 0 unspecified atom stereocenters. The summed E-state index contributed by atoms with van der Waals surface area (Å²) in [6, 6.07) is 7.64. The van der Waals surface area contributed by atoms with Gasteiger partial charge in [0.25, 0.3) is 5.91 Å². The predicted molar refractivity (Wildman–Crippen MR) is 106 cm³/mol. The number of nitrogens with zero attached hydrogens (tertiary/aromatic N) is 1. The number of aryl methyl sites for hydroxylation is 1. The van der Waals surface area contributed by atoms with Gasteiger partial charge in [0.15, 0.2) is 11.5 Å². The van der Waals surface area contributed by atoms with Crippen molar-refractivity contribution in [3.63, 3.8) is 0 Å². The van der Waals surface area contributed by atoms with E-state index in [0.717, 1.165) is 22.8 Å². The van der Waals surface area contributed by atoms with Crippen LogP contribution in [-0.2, 0) is 4.79 Å². The summed E-state index contributed by atoms with van der Waals surface area (Å²) < 4.78 is 13.3. The van der Waals surface area contributed by atoms with Crippen molar-refractivity contribution in [2.24, 2.45) is 5.92 Å². The van der Waals surface area contributed by atoms with Gasteiger partial charge in [0.05, 0.1) is 5.56 Å². The molecular weight excluding hydrogens is 358 g/mol. The highest BCUT2D eigenvalue weighted by molar-refractivity contribution is 5.96. The number of carbonyl (C=O) groups is 2. The van der Waals surface area contributed by atoms with E-state index in [-0.39, 0.29) is 17.7 Å². The van der Waals surface area contributed by atoms with E-state index in [4.69, 9.17) is 9.47 Å². The highest BCUT2D eigenvalue weighted by atomic mass is 16.6. The van der Waals surface area contributed by atoms with E-state index < -0.39 is 0 Å². The summed E-state index contributed by atoms with van der Waals surface area (Å²) in [5.41, 5.74) is 3.33. The molecule has 2 aromatic rings. The van der Waals surface area contributed by atoms with Crippen molar-refractivity contribution < 1.29 is 19.1 Å². The third-order valence-electron chi connectivity index (χ3n) is 4.69. The number of fused-ring (bicyclic) bond motifs is 1. The fraction of sp³-hybridized carbons (Fsp3) is 0.429. The zero-order valence-electron chi connectivity index (χ0n) is 16.8. The summed E-state index contributed by atoms with van der Waals surface area (Å²) >= 11 is 0. The Kier molecular flexibility index (Phi) is 5.92. The Bertz CT molecular complexity index is 886. The second kappa shape index (κ2) is 8.37. The summed E-state index contributed by atoms with van der Waals surface area (Å²) in [5, 5.41) is 5.65. The van der Waals surface area contributed by atoms with Crippen molar-refractivity contribution in [1.29, 1.82) is 0 Å². The third-order valence-corrected chi connectivity index (χ3v) is 4.69. The van der Waals surface area contributed by atoms with Gasteiger partial charge in [-0.1, -0.05) is 13.8 Å². The van der Waals surface area contributed by atoms with Crippen molar-refractivity contribution in [3.8, 4) is 17.2 Å². The van der Waals surface area contributed by atoms with Crippen LogP contribution in [0.5, 0.6) is 11.5 Å². The van der Waals surface area contributed by atoms with Crippen molar-refractivity contribution >= 4 is 11.8 Å². The second-order valence-electron chi connectivity index (χ2n) is 7.15. The quantitative estimate of drug-likeness (QED) is 0.748. The first kappa shape index (κ1) is 19.8. The highest BCUT2D eigenvalue weighted by Crippen LogP contribution is 2.33. The van der Waals surface area contributed by atoms with Gasteiger partial charge in [-0.25, -0.2) is 0 Å². The number of nitrogens with one attached hydrogen (secondary N) is 2. The number of benzene rings is 1. The van der Waals surface area contributed by atoms with Crippen molar-refractivity contribution in [2.75, 3.05) is 26.3 Å². The lowest BCUT2D eigenvalue weighted by Crippen LogP contribution is -2.36. The van der Waals surface area contributed by atoms with Crippen LogP contribution < -0.4 is 20.1 Å². The Balaban J connectivity index is 1.71. The van der Waals surface area contributed by atoms with E-state index >= 15 is 0 Å². The molecule has 0 radical (unpaired) electrons. The number of rotatable bonds is 6. The molecule has 0 aliphatic carbocycles. The Hall–Kier alpha value is -2.96. The zero-order chi connectivity index (χ0) is 20.3. The summed E-state index contributed by atoms with van der Waals surface area (Å²) in [6.45, 7) is 9.41. The minimum atomic E-state index is -0.157. The van der Waals surface area contributed by atoms with Gasteiger partial charge in [0, 0.05) is 42.1 Å². The lowest BCUT2D eigenvalue weighted by molar-refractivity contribution is -0.123. The second-order valence-corrected chi connectivity index (χ2v) is 7.15. The predicted octanol–water partition coefficient (Wildman–Crippen LogP) is 2.37. The van der Waals surface area contributed by atoms with Crippen molar-refractivity contribution in [3.05, 3.63) is 41.2 Å². The van der Waals surface area contributed by atoms with Gasteiger partial charge in [-0.3, -0.25) is 9.59 Å². The molecule has 1 aliphatic rings. The third kappa shape index (κ3) is 4.13. The van der Waals surface area contributed by atoms with Crippen molar-refractivity contribution in [1.82, 2.24) is 15.2 Å².